The first-order valence-electron chi connectivity index (χ1n) is 12.5. The van der Waals surface area contributed by atoms with Crippen molar-refractivity contribution in [3.63, 3.8) is 0 Å². The second-order valence-electron chi connectivity index (χ2n) is 9.45. The van der Waals surface area contributed by atoms with Crippen LogP contribution in [0.2, 0.25) is 0 Å². The number of carbonyl (C=O) groups excluding carboxylic acids is 1. The van der Waals surface area contributed by atoms with Crippen molar-refractivity contribution in [2.75, 3.05) is 18.4 Å². The molecule has 9 heteroatoms. The SMILES string of the molecule is Cc1cccc(C(=O)Nc2cccc(OC3CCN(SC(C)C)CC3)c2)c1-c1ccc(OC(F)(F)F)cc1. The summed E-state index contributed by atoms with van der Waals surface area (Å²) in [5, 5.41) is 3.50. The molecular formula is C29H31F3N2O3S. The molecule has 0 bridgehead atoms. The molecule has 0 aromatic heterocycles. The summed E-state index contributed by atoms with van der Waals surface area (Å²) in [6.45, 7) is 8.18. The number of hydrogen-bond donors (Lipinski definition) is 1. The van der Waals surface area contributed by atoms with Gasteiger partial charge in [0.25, 0.3) is 5.91 Å². The minimum atomic E-state index is -4.77. The zero-order valence-corrected chi connectivity index (χ0v) is 22.4. The van der Waals surface area contributed by atoms with Gasteiger partial charge in [-0.1, -0.05) is 56.1 Å². The number of amides is 1. The van der Waals surface area contributed by atoms with E-state index < -0.39 is 6.36 Å². The third-order valence-corrected chi connectivity index (χ3v) is 7.13. The lowest BCUT2D eigenvalue weighted by Crippen LogP contribution is -2.35. The van der Waals surface area contributed by atoms with E-state index in [1.165, 1.54) is 24.3 Å². The Labute approximate surface area is 225 Å². The number of ether oxygens (including phenoxy) is 2. The van der Waals surface area contributed by atoms with Crippen molar-refractivity contribution in [2.24, 2.45) is 0 Å². The topological polar surface area (TPSA) is 50.8 Å². The molecule has 38 heavy (non-hydrogen) atoms. The van der Waals surface area contributed by atoms with E-state index >= 15 is 0 Å². The van der Waals surface area contributed by atoms with Crippen LogP contribution < -0.4 is 14.8 Å². The molecule has 1 aliphatic heterocycles. The van der Waals surface area contributed by atoms with Crippen LogP contribution in [0.5, 0.6) is 11.5 Å². The fraction of sp³-hybridized carbons (Fsp3) is 0.345. The molecule has 0 radical (unpaired) electrons. The number of rotatable bonds is 8. The quantitative estimate of drug-likeness (QED) is 0.294. The summed E-state index contributed by atoms with van der Waals surface area (Å²) >= 11 is 1.87. The number of halogens is 3. The van der Waals surface area contributed by atoms with Crippen LogP contribution in [0.1, 0.15) is 42.6 Å². The van der Waals surface area contributed by atoms with Crippen LogP contribution in [0.15, 0.2) is 66.7 Å². The first-order chi connectivity index (χ1) is 18.1. The Morgan fingerprint density at radius 2 is 1.68 bits per heavy atom. The highest BCUT2D eigenvalue weighted by molar-refractivity contribution is 7.97. The number of nitrogens with one attached hydrogen (secondary N) is 1. The summed E-state index contributed by atoms with van der Waals surface area (Å²) < 4.78 is 50.2. The van der Waals surface area contributed by atoms with Gasteiger partial charge < -0.3 is 14.8 Å². The number of hydrogen-bond acceptors (Lipinski definition) is 5. The number of anilines is 1. The second-order valence-corrected chi connectivity index (χ2v) is 11.1. The maximum atomic E-state index is 13.3. The minimum Gasteiger partial charge on any atom is -0.490 e. The third kappa shape index (κ3) is 7.68. The van der Waals surface area contributed by atoms with Crippen molar-refractivity contribution < 1.29 is 27.4 Å². The largest absolute Gasteiger partial charge is 0.573 e. The Kier molecular flexibility index (Phi) is 8.89. The van der Waals surface area contributed by atoms with Crippen LogP contribution in [0.4, 0.5) is 18.9 Å². The van der Waals surface area contributed by atoms with E-state index in [2.05, 4.69) is 28.2 Å². The van der Waals surface area contributed by atoms with Gasteiger partial charge in [-0.05, 0) is 66.8 Å². The predicted octanol–water partition coefficient (Wildman–Crippen LogP) is 7.71. The molecule has 3 aromatic rings. The van der Waals surface area contributed by atoms with Crippen molar-refractivity contribution in [1.29, 1.82) is 0 Å². The molecule has 5 nitrogen and oxygen atoms in total. The van der Waals surface area contributed by atoms with Gasteiger partial charge in [-0.3, -0.25) is 9.10 Å². The van der Waals surface area contributed by atoms with Gasteiger partial charge in [-0.15, -0.1) is 13.2 Å². The van der Waals surface area contributed by atoms with E-state index in [1.54, 1.807) is 18.2 Å². The molecule has 202 valence electrons. The van der Waals surface area contributed by atoms with Crippen LogP contribution >= 0.6 is 11.9 Å². The van der Waals surface area contributed by atoms with E-state index in [-0.39, 0.29) is 17.8 Å². The zero-order chi connectivity index (χ0) is 27.3. The predicted molar refractivity (Wildman–Crippen MR) is 146 cm³/mol. The molecule has 0 spiro atoms. The lowest BCUT2D eigenvalue weighted by molar-refractivity contribution is -0.274. The number of nitrogens with zero attached hydrogens (tertiary/aromatic N) is 1. The van der Waals surface area contributed by atoms with Gasteiger partial charge in [0.1, 0.15) is 17.6 Å². The normalized spacial score (nSPS) is 14.9. The van der Waals surface area contributed by atoms with E-state index in [1.807, 2.05) is 43.1 Å². The highest BCUT2D eigenvalue weighted by atomic mass is 32.2. The Bertz CT molecular complexity index is 1240. The molecule has 1 saturated heterocycles. The van der Waals surface area contributed by atoms with E-state index in [9.17, 15) is 18.0 Å². The molecule has 1 amide bonds. The monoisotopic (exact) mass is 544 g/mol. The number of aryl methyl sites for hydroxylation is 1. The highest BCUT2D eigenvalue weighted by Gasteiger charge is 2.31. The van der Waals surface area contributed by atoms with Crippen LogP contribution in [0.3, 0.4) is 0 Å². The summed E-state index contributed by atoms with van der Waals surface area (Å²) in [4.78, 5) is 13.3. The van der Waals surface area contributed by atoms with Crippen molar-refractivity contribution in [1.82, 2.24) is 4.31 Å². The maximum absolute atomic E-state index is 13.3. The zero-order valence-electron chi connectivity index (χ0n) is 21.5. The smallest absolute Gasteiger partial charge is 0.490 e. The van der Waals surface area contributed by atoms with E-state index in [4.69, 9.17) is 4.74 Å². The van der Waals surface area contributed by atoms with Gasteiger partial charge in [0, 0.05) is 35.7 Å². The van der Waals surface area contributed by atoms with Crippen molar-refractivity contribution >= 4 is 23.5 Å². The summed E-state index contributed by atoms with van der Waals surface area (Å²) in [5.41, 5.74) is 3.09. The van der Waals surface area contributed by atoms with Crippen molar-refractivity contribution in [2.45, 2.75) is 51.3 Å². The molecule has 1 fully saturated rings. The summed E-state index contributed by atoms with van der Waals surface area (Å²) in [6.07, 6.45) is -2.76. The standard InChI is InChI=1S/C29H31F3N2O3S/c1-19(2)38-34-16-14-23(15-17-34)36-25-8-5-7-22(18-25)33-28(35)26-9-4-6-20(3)27(26)21-10-12-24(13-11-21)37-29(30,31)32/h4-13,18-19,23H,14-17H2,1-3H3,(H,33,35). The molecule has 4 rings (SSSR count). The summed E-state index contributed by atoms with van der Waals surface area (Å²) in [5.74, 6) is 0.0555. The van der Waals surface area contributed by atoms with Crippen molar-refractivity contribution in [3.05, 3.63) is 77.9 Å². The second kappa shape index (κ2) is 12.1. The van der Waals surface area contributed by atoms with Crippen LogP contribution in [-0.4, -0.2) is 41.0 Å². The van der Waals surface area contributed by atoms with Gasteiger partial charge in [0.15, 0.2) is 0 Å². The van der Waals surface area contributed by atoms with Crippen LogP contribution in [0, 0.1) is 6.92 Å². The molecule has 0 atom stereocenters. The van der Waals surface area contributed by atoms with Crippen molar-refractivity contribution in [3.8, 4) is 22.6 Å². The average molecular weight is 545 g/mol. The molecule has 0 saturated carbocycles. The Morgan fingerprint density at radius 3 is 2.34 bits per heavy atom. The van der Waals surface area contributed by atoms with Gasteiger partial charge in [-0.2, -0.15) is 0 Å². The lowest BCUT2D eigenvalue weighted by Gasteiger charge is -2.32. The third-order valence-electron chi connectivity index (χ3n) is 6.05. The number of benzene rings is 3. The summed E-state index contributed by atoms with van der Waals surface area (Å²) in [7, 11) is 0. The Balaban J connectivity index is 1.45. The first kappa shape index (κ1) is 27.9. The molecular weight excluding hydrogens is 513 g/mol. The number of piperidine rings is 1. The Morgan fingerprint density at radius 1 is 1.00 bits per heavy atom. The molecule has 0 unspecified atom stereocenters. The van der Waals surface area contributed by atoms with Crippen LogP contribution in [-0.2, 0) is 0 Å². The molecule has 1 heterocycles. The van der Waals surface area contributed by atoms with E-state index in [0.717, 1.165) is 31.5 Å². The lowest BCUT2D eigenvalue weighted by atomic mass is 9.94. The first-order valence-corrected chi connectivity index (χ1v) is 13.4. The fourth-order valence-electron chi connectivity index (χ4n) is 4.45. The number of alkyl halides is 3. The maximum Gasteiger partial charge on any atom is 0.573 e. The van der Waals surface area contributed by atoms with Gasteiger partial charge in [0.05, 0.1) is 0 Å². The molecule has 1 aliphatic rings. The number of carbonyl (C=O) groups is 1. The summed E-state index contributed by atoms with van der Waals surface area (Å²) in [6, 6.07) is 18.2. The fourth-order valence-corrected chi connectivity index (χ4v) is 5.47. The van der Waals surface area contributed by atoms with Crippen LogP contribution in [0.25, 0.3) is 11.1 Å². The average Bonchev–Trinajstić information content (AvgIpc) is 2.85. The Hall–Kier alpha value is -3.17. The minimum absolute atomic E-state index is 0.123. The van der Waals surface area contributed by atoms with Gasteiger partial charge in [0.2, 0.25) is 0 Å². The van der Waals surface area contributed by atoms with Gasteiger partial charge >= 0.3 is 6.36 Å². The molecule has 3 aromatic carbocycles. The highest BCUT2D eigenvalue weighted by Crippen LogP contribution is 2.32. The van der Waals surface area contributed by atoms with Gasteiger partial charge in [-0.25, -0.2) is 0 Å². The molecule has 1 N–H and O–H groups in total. The molecule has 0 aliphatic carbocycles. The van der Waals surface area contributed by atoms with E-state index in [0.29, 0.717) is 33.4 Å².